The van der Waals surface area contributed by atoms with Crippen LogP contribution in [-0.2, 0) is 0 Å². The van der Waals surface area contributed by atoms with E-state index in [9.17, 15) is 4.79 Å². The summed E-state index contributed by atoms with van der Waals surface area (Å²) in [7, 11) is 0. The highest BCUT2D eigenvalue weighted by Gasteiger charge is 2.25. The number of aromatic nitrogens is 1. The fourth-order valence-corrected chi connectivity index (χ4v) is 1.92. The molecule has 1 heterocycles. The van der Waals surface area contributed by atoms with Crippen LogP contribution >= 0.6 is 0 Å². The monoisotopic (exact) mass is 205 g/mol. The number of rotatable bonds is 2. The first-order valence-corrected chi connectivity index (χ1v) is 5.24. The van der Waals surface area contributed by atoms with Crippen LogP contribution < -0.4 is 11.1 Å². The van der Waals surface area contributed by atoms with E-state index in [4.69, 9.17) is 5.73 Å². The summed E-state index contributed by atoms with van der Waals surface area (Å²) < 4.78 is 0. The van der Waals surface area contributed by atoms with Crippen LogP contribution in [0.4, 0.5) is 0 Å². The van der Waals surface area contributed by atoms with Gasteiger partial charge in [0.15, 0.2) is 0 Å². The summed E-state index contributed by atoms with van der Waals surface area (Å²) in [5, 5.41) is 2.95. The minimum Gasteiger partial charge on any atom is -0.348 e. The van der Waals surface area contributed by atoms with Crippen molar-refractivity contribution in [2.45, 2.75) is 31.3 Å². The normalized spacial score (nSPS) is 25.1. The minimum absolute atomic E-state index is 0.0558. The molecule has 15 heavy (non-hydrogen) atoms. The lowest BCUT2D eigenvalue weighted by atomic mass is 10.1. The van der Waals surface area contributed by atoms with Crippen molar-refractivity contribution in [3.8, 4) is 0 Å². The molecule has 0 unspecified atom stereocenters. The Morgan fingerprint density at radius 3 is 2.73 bits per heavy atom. The zero-order valence-electron chi connectivity index (χ0n) is 8.52. The number of nitrogens with two attached hydrogens (primary N) is 1. The minimum atomic E-state index is -0.0558. The third-order valence-electron chi connectivity index (χ3n) is 2.83. The smallest absolute Gasteiger partial charge is 0.251 e. The Kier molecular flexibility index (Phi) is 2.97. The average Bonchev–Trinajstić information content (AvgIpc) is 2.66. The van der Waals surface area contributed by atoms with Crippen molar-refractivity contribution in [2.24, 2.45) is 5.73 Å². The van der Waals surface area contributed by atoms with Gasteiger partial charge in [0.25, 0.3) is 5.91 Å². The van der Waals surface area contributed by atoms with Crippen molar-refractivity contribution in [3.63, 3.8) is 0 Å². The van der Waals surface area contributed by atoms with Crippen LogP contribution in [0.1, 0.15) is 29.6 Å². The van der Waals surface area contributed by atoms with Gasteiger partial charge in [-0.15, -0.1) is 0 Å². The number of hydrogen-bond acceptors (Lipinski definition) is 3. The predicted molar refractivity (Wildman–Crippen MR) is 57.3 cm³/mol. The van der Waals surface area contributed by atoms with Gasteiger partial charge in [0.2, 0.25) is 0 Å². The predicted octanol–water partition coefficient (Wildman–Crippen LogP) is 0.691. The number of nitrogens with one attached hydrogen (secondary N) is 1. The molecule has 80 valence electrons. The molecule has 0 radical (unpaired) electrons. The van der Waals surface area contributed by atoms with Crippen LogP contribution in [0.15, 0.2) is 24.5 Å². The highest BCUT2D eigenvalue weighted by Crippen LogP contribution is 2.17. The molecule has 4 nitrogen and oxygen atoms in total. The number of carbonyl (C=O) groups excluding carboxylic acids is 1. The third kappa shape index (κ3) is 2.33. The number of carbonyl (C=O) groups is 1. The van der Waals surface area contributed by atoms with Crippen molar-refractivity contribution < 1.29 is 4.79 Å². The second-order valence-electron chi connectivity index (χ2n) is 3.91. The van der Waals surface area contributed by atoms with Crippen LogP contribution in [0.25, 0.3) is 0 Å². The molecular weight excluding hydrogens is 190 g/mol. The van der Waals surface area contributed by atoms with Gasteiger partial charge in [-0.1, -0.05) is 0 Å². The van der Waals surface area contributed by atoms with E-state index in [0.717, 1.165) is 19.3 Å². The highest BCUT2D eigenvalue weighted by atomic mass is 16.1. The van der Waals surface area contributed by atoms with Gasteiger partial charge in [0.05, 0.1) is 0 Å². The summed E-state index contributed by atoms with van der Waals surface area (Å²) in [6.07, 6.45) is 6.31. The molecule has 3 N–H and O–H groups in total. The Morgan fingerprint density at radius 2 is 2.13 bits per heavy atom. The molecule has 1 saturated carbocycles. The van der Waals surface area contributed by atoms with Gasteiger partial charge in [-0.25, -0.2) is 0 Å². The van der Waals surface area contributed by atoms with E-state index in [2.05, 4.69) is 10.3 Å². The summed E-state index contributed by atoms with van der Waals surface area (Å²) in [5.74, 6) is -0.0558. The van der Waals surface area contributed by atoms with Crippen LogP contribution in [0.2, 0.25) is 0 Å². The first-order valence-electron chi connectivity index (χ1n) is 5.24. The molecule has 0 aromatic carbocycles. The summed E-state index contributed by atoms with van der Waals surface area (Å²) in [6, 6.07) is 3.65. The van der Waals surface area contributed by atoms with E-state index in [1.54, 1.807) is 24.5 Å². The second kappa shape index (κ2) is 4.40. The average molecular weight is 205 g/mol. The first kappa shape index (κ1) is 10.1. The Morgan fingerprint density at radius 1 is 1.40 bits per heavy atom. The Balaban J connectivity index is 1.98. The summed E-state index contributed by atoms with van der Waals surface area (Å²) >= 11 is 0. The Bertz CT molecular complexity index is 339. The molecule has 0 bridgehead atoms. The fourth-order valence-electron chi connectivity index (χ4n) is 1.92. The molecule has 0 aliphatic heterocycles. The van der Waals surface area contributed by atoms with E-state index in [1.165, 1.54) is 0 Å². The molecule has 1 aliphatic rings. The number of nitrogens with zero attached hydrogens (tertiary/aromatic N) is 1. The van der Waals surface area contributed by atoms with Crippen molar-refractivity contribution in [1.29, 1.82) is 0 Å². The SMILES string of the molecule is N[C@@H]1CCC[C@H]1NC(=O)c1ccncc1. The number of amides is 1. The van der Waals surface area contributed by atoms with Gasteiger partial charge in [-0.3, -0.25) is 9.78 Å². The highest BCUT2D eigenvalue weighted by molar-refractivity contribution is 5.94. The second-order valence-corrected chi connectivity index (χ2v) is 3.91. The maximum atomic E-state index is 11.8. The van der Waals surface area contributed by atoms with Gasteiger partial charge in [0.1, 0.15) is 0 Å². The molecule has 1 aromatic heterocycles. The van der Waals surface area contributed by atoms with Crippen molar-refractivity contribution in [2.75, 3.05) is 0 Å². The van der Waals surface area contributed by atoms with E-state index in [1.807, 2.05) is 0 Å². The lowest BCUT2D eigenvalue weighted by Crippen LogP contribution is -2.43. The molecule has 2 atom stereocenters. The first-order chi connectivity index (χ1) is 7.27. The number of pyridine rings is 1. The van der Waals surface area contributed by atoms with E-state index < -0.39 is 0 Å². The molecule has 1 aliphatic carbocycles. The lowest BCUT2D eigenvalue weighted by molar-refractivity contribution is 0.0934. The van der Waals surface area contributed by atoms with Crippen LogP contribution in [0.5, 0.6) is 0 Å². The lowest BCUT2D eigenvalue weighted by Gasteiger charge is -2.16. The quantitative estimate of drug-likeness (QED) is 0.746. The molecule has 1 aromatic rings. The van der Waals surface area contributed by atoms with Crippen LogP contribution in [0, 0.1) is 0 Å². The maximum absolute atomic E-state index is 11.8. The Hall–Kier alpha value is -1.42. The summed E-state index contributed by atoms with van der Waals surface area (Å²) in [6.45, 7) is 0. The molecule has 4 heteroatoms. The van der Waals surface area contributed by atoms with Crippen molar-refractivity contribution in [3.05, 3.63) is 30.1 Å². The van der Waals surface area contributed by atoms with E-state index in [-0.39, 0.29) is 18.0 Å². The molecule has 1 amide bonds. The Labute approximate surface area is 88.9 Å². The molecule has 0 spiro atoms. The van der Waals surface area contributed by atoms with Crippen LogP contribution in [0.3, 0.4) is 0 Å². The fraction of sp³-hybridized carbons (Fsp3) is 0.455. The largest absolute Gasteiger partial charge is 0.348 e. The summed E-state index contributed by atoms with van der Waals surface area (Å²) in [4.78, 5) is 15.6. The molecular formula is C11H15N3O. The van der Waals surface area contributed by atoms with Gasteiger partial charge in [-0.2, -0.15) is 0 Å². The van der Waals surface area contributed by atoms with Crippen molar-refractivity contribution >= 4 is 5.91 Å². The van der Waals surface area contributed by atoms with Gasteiger partial charge in [0, 0.05) is 30.0 Å². The van der Waals surface area contributed by atoms with Crippen LogP contribution in [-0.4, -0.2) is 23.0 Å². The van der Waals surface area contributed by atoms with Gasteiger partial charge < -0.3 is 11.1 Å². The van der Waals surface area contributed by atoms with Crippen molar-refractivity contribution in [1.82, 2.24) is 10.3 Å². The van der Waals surface area contributed by atoms with E-state index in [0.29, 0.717) is 5.56 Å². The molecule has 2 rings (SSSR count). The third-order valence-corrected chi connectivity index (χ3v) is 2.83. The standard InChI is InChI=1S/C11H15N3O/c12-9-2-1-3-10(9)14-11(15)8-4-6-13-7-5-8/h4-7,9-10H,1-3,12H2,(H,14,15)/t9-,10-/m1/s1. The maximum Gasteiger partial charge on any atom is 0.251 e. The van der Waals surface area contributed by atoms with E-state index >= 15 is 0 Å². The molecule has 0 saturated heterocycles. The molecule has 1 fully saturated rings. The summed E-state index contributed by atoms with van der Waals surface area (Å²) in [5.41, 5.74) is 6.52. The topological polar surface area (TPSA) is 68.0 Å². The van der Waals surface area contributed by atoms with Gasteiger partial charge >= 0.3 is 0 Å². The zero-order valence-corrected chi connectivity index (χ0v) is 8.52. The zero-order chi connectivity index (χ0) is 10.7. The van der Waals surface area contributed by atoms with Gasteiger partial charge in [-0.05, 0) is 31.4 Å². The number of hydrogen-bond donors (Lipinski definition) is 2.